The third kappa shape index (κ3) is 7.27. The van der Waals surface area contributed by atoms with Gasteiger partial charge in [0.1, 0.15) is 0 Å². The second-order valence-electron chi connectivity index (χ2n) is 13.7. The molecular weight excluding hydrogens is 533 g/mol. The maximum Gasteiger partial charge on any atom is 0.337 e. The second-order valence-corrected chi connectivity index (χ2v) is 13.7. The van der Waals surface area contributed by atoms with Crippen LogP contribution < -0.4 is 9.64 Å². The monoisotopic (exact) mass is 577 g/mol. The van der Waals surface area contributed by atoms with Crippen LogP contribution in [0.25, 0.3) is 11.1 Å². The van der Waals surface area contributed by atoms with Gasteiger partial charge >= 0.3 is 5.97 Å². The summed E-state index contributed by atoms with van der Waals surface area (Å²) in [4.78, 5) is 23.7. The third-order valence-electron chi connectivity index (χ3n) is 7.92. The number of ether oxygens (including phenoxy) is 2. The van der Waals surface area contributed by atoms with E-state index in [-0.39, 0.29) is 23.3 Å². The average molecular weight is 578 g/mol. The van der Waals surface area contributed by atoms with Crippen LogP contribution in [0.1, 0.15) is 84.2 Å². The van der Waals surface area contributed by atoms with Crippen molar-refractivity contribution in [1.29, 1.82) is 0 Å². The zero-order chi connectivity index (χ0) is 30.9. The van der Waals surface area contributed by atoms with Crippen LogP contribution in [0.5, 0.6) is 5.88 Å². The molecule has 1 N–H and O–H groups in total. The molecule has 0 unspecified atom stereocenters. The molecule has 1 atom stereocenters. The smallest absolute Gasteiger partial charge is 0.337 e. The summed E-state index contributed by atoms with van der Waals surface area (Å²) >= 11 is 0. The number of anilines is 1. The van der Waals surface area contributed by atoms with E-state index in [1.54, 1.807) is 19.3 Å². The maximum absolute atomic E-state index is 15.5. The number of hydrogen-bond donors (Lipinski definition) is 1. The summed E-state index contributed by atoms with van der Waals surface area (Å²) in [7, 11) is 0. The second kappa shape index (κ2) is 12.0. The number of aliphatic carboxylic acids is 1. The molecule has 0 spiro atoms. The first-order chi connectivity index (χ1) is 19.6. The molecule has 7 nitrogen and oxygen atoms in total. The van der Waals surface area contributed by atoms with Crippen LogP contribution in [-0.2, 0) is 14.9 Å². The van der Waals surface area contributed by atoms with Crippen molar-refractivity contribution >= 4 is 11.7 Å². The molecule has 0 aliphatic carbocycles. The maximum atomic E-state index is 15.5. The summed E-state index contributed by atoms with van der Waals surface area (Å²) < 4.78 is 27.5. The average Bonchev–Trinajstić information content (AvgIpc) is 2.91. The van der Waals surface area contributed by atoms with E-state index in [2.05, 4.69) is 28.7 Å². The Morgan fingerprint density at radius 3 is 2.29 bits per heavy atom. The minimum Gasteiger partial charge on any atom is -0.479 e. The zero-order valence-corrected chi connectivity index (χ0v) is 26.1. The Bertz CT molecular complexity index is 1410. The molecule has 1 aliphatic heterocycles. The van der Waals surface area contributed by atoms with Gasteiger partial charge in [-0.05, 0) is 57.6 Å². The number of carboxylic acids is 1. The normalized spacial score (nSPS) is 16.3. The predicted molar refractivity (Wildman–Crippen MR) is 164 cm³/mol. The number of halogens is 1. The van der Waals surface area contributed by atoms with Crippen molar-refractivity contribution in [2.75, 3.05) is 24.6 Å². The molecule has 1 aliphatic rings. The zero-order valence-electron chi connectivity index (χ0n) is 26.1. The van der Waals surface area contributed by atoms with E-state index in [4.69, 9.17) is 9.47 Å². The van der Waals surface area contributed by atoms with E-state index in [1.165, 1.54) is 6.07 Å². The van der Waals surface area contributed by atoms with Gasteiger partial charge in [0.05, 0.1) is 17.9 Å². The Balaban J connectivity index is 1.75. The molecule has 0 saturated carbocycles. The van der Waals surface area contributed by atoms with Gasteiger partial charge in [-0.25, -0.2) is 14.2 Å². The van der Waals surface area contributed by atoms with Crippen LogP contribution in [0.3, 0.4) is 0 Å². The van der Waals surface area contributed by atoms with Gasteiger partial charge in [0, 0.05) is 53.3 Å². The molecule has 2 aromatic heterocycles. The molecular formula is C34H44FN3O4. The molecule has 3 aromatic rings. The summed E-state index contributed by atoms with van der Waals surface area (Å²) in [6, 6.07) is 11.3. The lowest BCUT2D eigenvalue weighted by atomic mass is 9.82. The van der Waals surface area contributed by atoms with E-state index in [0.717, 1.165) is 31.5 Å². The number of nitrogens with zero attached hydrogens (tertiary/aromatic N) is 3. The van der Waals surface area contributed by atoms with E-state index in [1.807, 2.05) is 65.0 Å². The Morgan fingerprint density at radius 1 is 1.07 bits per heavy atom. The van der Waals surface area contributed by atoms with Crippen molar-refractivity contribution < 1.29 is 23.8 Å². The van der Waals surface area contributed by atoms with Crippen molar-refractivity contribution in [2.24, 2.45) is 5.41 Å². The highest BCUT2D eigenvalue weighted by Crippen LogP contribution is 2.43. The summed E-state index contributed by atoms with van der Waals surface area (Å²) in [5.74, 6) is -1.77. The Labute approximate surface area is 249 Å². The number of aryl methyl sites for hydroxylation is 1. The number of pyridine rings is 2. The molecule has 3 heterocycles. The van der Waals surface area contributed by atoms with Gasteiger partial charge in [-0.1, -0.05) is 58.0 Å². The minimum atomic E-state index is -1.25. The van der Waals surface area contributed by atoms with Gasteiger partial charge < -0.3 is 19.5 Å². The molecule has 1 saturated heterocycles. The lowest BCUT2D eigenvalue weighted by molar-refractivity contribution is -0.160. The van der Waals surface area contributed by atoms with Crippen molar-refractivity contribution in [2.45, 2.75) is 85.4 Å². The highest BCUT2D eigenvalue weighted by molar-refractivity contribution is 5.86. The number of carboxylic acid groups (broad SMARTS) is 1. The number of carbonyl (C=O) groups is 1. The van der Waals surface area contributed by atoms with Gasteiger partial charge in [-0.15, -0.1) is 0 Å². The fourth-order valence-corrected chi connectivity index (χ4v) is 5.30. The summed E-state index contributed by atoms with van der Waals surface area (Å²) in [5, 5.41) is 10.3. The fraction of sp³-hybridized carbons (Fsp3) is 0.500. The van der Waals surface area contributed by atoms with Crippen LogP contribution in [0.2, 0.25) is 0 Å². The van der Waals surface area contributed by atoms with Gasteiger partial charge in [-0.3, -0.25) is 4.98 Å². The van der Waals surface area contributed by atoms with E-state index in [9.17, 15) is 9.90 Å². The molecule has 0 bridgehead atoms. The summed E-state index contributed by atoms with van der Waals surface area (Å²) in [5.41, 5.74) is 3.05. The summed E-state index contributed by atoms with van der Waals surface area (Å²) in [6.07, 6.45) is 3.87. The first-order valence-electron chi connectivity index (χ1n) is 14.6. The highest BCUT2D eigenvalue weighted by atomic mass is 19.1. The van der Waals surface area contributed by atoms with Crippen molar-refractivity contribution in [3.8, 4) is 17.0 Å². The first-order valence-corrected chi connectivity index (χ1v) is 14.6. The van der Waals surface area contributed by atoms with Crippen molar-refractivity contribution in [1.82, 2.24) is 9.97 Å². The van der Waals surface area contributed by atoms with Crippen molar-refractivity contribution in [3.05, 3.63) is 71.4 Å². The lowest BCUT2D eigenvalue weighted by Crippen LogP contribution is -2.39. The van der Waals surface area contributed by atoms with Crippen molar-refractivity contribution in [3.63, 3.8) is 0 Å². The molecule has 4 rings (SSSR count). The number of rotatable bonds is 9. The van der Waals surface area contributed by atoms with Gasteiger partial charge in [0.15, 0.2) is 11.9 Å². The number of benzene rings is 1. The molecule has 0 radical (unpaired) electrons. The molecule has 42 heavy (non-hydrogen) atoms. The first kappa shape index (κ1) is 31.4. The predicted octanol–water partition coefficient (Wildman–Crippen LogP) is 7.51. The van der Waals surface area contributed by atoms with E-state index < -0.39 is 23.5 Å². The van der Waals surface area contributed by atoms with Gasteiger partial charge in [0.25, 0.3) is 0 Å². The van der Waals surface area contributed by atoms with Gasteiger partial charge in [-0.2, -0.15) is 0 Å². The lowest BCUT2D eigenvalue weighted by Gasteiger charge is -2.40. The van der Waals surface area contributed by atoms with Crippen LogP contribution >= 0.6 is 0 Å². The highest BCUT2D eigenvalue weighted by Gasteiger charge is 2.36. The Morgan fingerprint density at radius 2 is 1.71 bits per heavy atom. The van der Waals surface area contributed by atoms with Crippen LogP contribution in [-0.4, -0.2) is 46.3 Å². The molecule has 1 aromatic carbocycles. The standard InChI is InChI=1S/C34H44FN3O4/c1-22-27(29(31(39)40)42-32(2,3)4)28(38-16-14-33(5,6)15-17-38)25(20-36-22)23-18-26(35)30(37-19-23)41-21-34(7,8)24-12-10-9-11-13-24/h9-13,18-20,29H,14-17,21H2,1-8H3,(H,39,40)/t29-/m0/s1. The topological polar surface area (TPSA) is 84.8 Å². The molecule has 1 fully saturated rings. The largest absolute Gasteiger partial charge is 0.479 e. The Kier molecular flexibility index (Phi) is 8.97. The van der Waals surface area contributed by atoms with Crippen LogP contribution in [0.4, 0.5) is 10.1 Å². The summed E-state index contributed by atoms with van der Waals surface area (Å²) in [6.45, 7) is 17.5. The molecule has 8 heteroatoms. The molecule has 226 valence electrons. The van der Waals surface area contributed by atoms with Crippen LogP contribution in [0, 0.1) is 18.2 Å². The Hall–Kier alpha value is -3.52. The number of piperidine rings is 1. The molecule has 0 amide bonds. The SMILES string of the molecule is Cc1ncc(-c2cnc(OCC(C)(C)c3ccccc3)c(F)c2)c(N2CCC(C)(C)CC2)c1[C@H](OC(C)(C)C)C(=O)O. The van der Waals surface area contributed by atoms with Gasteiger partial charge in [0.2, 0.25) is 5.88 Å². The van der Waals surface area contributed by atoms with Crippen LogP contribution in [0.15, 0.2) is 48.8 Å². The fourth-order valence-electron chi connectivity index (χ4n) is 5.30. The minimum absolute atomic E-state index is 0.0798. The number of hydrogen-bond acceptors (Lipinski definition) is 6. The quantitative estimate of drug-likeness (QED) is 0.282. The number of aromatic nitrogens is 2. The third-order valence-corrected chi connectivity index (χ3v) is 7.92. The van der Waals surface area contributed by atoms with E-state index >= 15 is 4.39 Å². The van der Waals surface area contributed by atoms with E-state index in [0.29, 0.717) is 28.1 Å².